The lowest BCUT2D eigenvalue weighted by atomic mass is 10.2. The zero-order chi connectivity index (χ0) is 21.4. The van der Waals surface area contributed by atoms with Crippen LogP contribution in [0.5, 0.6) is 0 Å². The van der Waals surface area contributed by atoms with Crippen molar-refractivity contribution in [3.8, 4) is 17.1 Å². The molecule has 5 aromatic rings. The highest BCUT2D eigenvalue weighted by atomic mass is 16.1. The Labute approximate surface area is 177 Å². The zero-order valence-electron chi connectivity index (χ0n) is 17.3. The Morgan fingerprint density at radius 2 is 2.10 bits per heavy atom. The van der Waals surface area contributed by atoms with Crippen molar-refractivity contribution in [2.45, 2.75) is 13.3 Å². The van der Waals surface area contributed by atoms with E-state index in [1.165, 1.54) is 0 Å². The molecule has 156 valence electrons. The lowest BCUT2D eigenvalue weighted by molar-refractivity contribution is 0.816. The van der Waals surface area contributed by atoms with Gasteiger partial charge in [0.15, 0.2) is 0 Å². The van der Waals surface area contributed by atoms with Gasteiger partial charge in [-0.3, -0.25) is 4.79 Å². The molecule has 31 heavy (non-hydrogen) atoms. The van der Waals surface area contributed by atoms with Crippen molar-refractivity contribution in [2.24, 2.45) is 7.05 Å². The smallest absolute Gasteiger partial charge is 0.261 e. The molecule has 5 rings (SSSR count). The van der Waals surface area contributed by atoms with Gasteiger partial charge in [-0.1, -0.05) is 0 Å². The van der Waals surface area contributed by atoms with E-state index < -0.39 is 0 Å². The van der Waals surface area contributed by atoms with Gasteiger partial charge >= 0.3 is 0 Å². The fraction of sp³-hybridized carbons (Fsp3) is 0.182. The number of nitrogens with one attached hydrogen (secondary N) is 3. The van der Waals surface area contributed by atoms with Crippen molar-refractivity contribution in [2.75, 3.05) is 11.9 Å². The van der Waals surface area contributed by atoms with Gasteiger partial charge in [0.1, 0.15) is 11.4 Å². The van der Waals surface area contributed by atoms with E-state index in [1.54, 1.807) is 25.0 Å². The molecule has 9 heteroatoms. The number of hydrogen-bond donors (Lipinski definition) is 3. The summed E-state index contributed by atoms with van der Waals surface area (Å²) >= 11 is 0. The van der Waals surface area contributed by atoms with Crippen LogP contribution >= 0.6 is 0 Å². The average molecular weight is 414 g/mol. The summed E-state index contributed by atoms with van der Waals surface area (Å²) in [5.41, 5.74) is 5.84. The first kappa shape index (κ1) is 18.9. The van der Waals surface area contributed by atoms with Gasteiger partial charge in [-0.15, -0.1) is 0 Å². The third kappa shape index (κ3) is 3.50. The molecule has 0 bridgehead atoms. The normalized spacial score (nSPS) is 11.3. The van der Waals surface area contributed by atoms with E-state index in [-0.39, 0.29) is 5.56 Å². The molecule has 0 aliphatic rings. The number of benzene rings is 1. The Morgan fingerprint density at radius 3 is 2.87 bits per heavy atom. The van der Waals surface area contributed by atoms with Crippen molar-refractivity contribution >= 4 is 16.7 Å². The molecule has 9 nitrogen and oxygen atoms in total. The van der Waals surface area contributed by atoms with E-state index in [4.69, 9.17) is 4.98 Å². The molecule has 0 radical (unpaired) electrons. The van der Waals surface area contributed by atoms with Crippen molar-refractivity contribution in [3.05, 3.63) is 77.3 Å². The van der Waals surface area contributed by atoms with Crippen LogP contribution in [0.4, 0.5) is 5.69 Å². The molecule has 0 saturated heterocycles. The predicted molar refractivity (Wildman–Crippen MR) is 119 cm³/mol. The van der Waals surface area contributed by atoms with Crippen LogP contribution in [-0.2, 0) is 13.5 Å². The summed E-state index contributed by atoms with van der Waals surface area (Å²) < 4.78 is 3.92. The molecule has 0 aliphatic heterocycles. The SMILES string of the molecule is Cc1cc(-n2ccnc2)cc2[nH]c(-c3c(NCCc4cncn4C)cc[nH]c3=O)nc12. The number of anilines is 1. The maximum atomic E-state index is 12.7. The van der Waals surface area contributed by atoms with Gasteiger partial charge in [-0.2, -0.15) is 0 Å². The Kier molecular flexibility index (Phi) is 4.62. The minimum absolute atomic E-state index is 0.197. The molecule has 0 saturated carbocycles. The fourth-order valence-electron chi connectivity index (χ4n) is 3.76. The van der Waals surface area contributed by atoms with Gasteiger partial charge < -0.3 is 24.4 Å². The molecular weight excluding hydrogens is 392 g/mol. The Bertz CT molecular complexity index is 1410. The molecule has 4 aromatic heterocycles. The second kappa shape index (κ2) is 7.60. The molecular formula is C22H22N8O. The molecule has 4 heterocycles. The first-order valence-electron chi connectivity index (χ1n) is 10.00. The summed E-state index contributed by atoms with van der Waals surface area (Å²) in [6, 6.07) is 5.92. The second-order valence-electron chi connectivity index (χ2n) is 7.48. The van der Waals surface area contributed by atoms with Crippen molar-refractivity contribution in [1.82, 2.24) is 34.1 Å². The predicted octanol–water partition coefficient (Wildman–Crippen LogP) is 2.80. The lowest BCUT2D eigenvalue weighted by Gasteiger charge is -2.10. The van der Waals surface area contributed by atoms with Crippen LogP contribution in [0.15, 0.2) is 60.4 Å². The molecule has 1 aromatic carbocycles. The van der Waals surface area contributed by atoms with Gasteiger partial charge in [0.25, 0.3) is 5.56 Å². The highest BCUT2D eigenvalue weighted by Crippen LogP contribution is 2.27. The van der Waals surface area contributed by atoms with Crippen LogP contribution in [0, 0.1) is 6.92 Å². The molecule has 3 N–H and O–H groups in total. The Hall–Kier alpha value is -4.14. The average Bonchev–Trinajstić information content (AvgIpc) is 3.49. The van der Waals surface area contributed by atoms with Gasteiger partial charge in [-0.25, -0.2) is 15.0 Å². The van der Waals surface area contributed by atoms with Crippen LogP contribution < -0.4 is 10.9 Å². The van der Waals surface area contributed by atoms with E-state index in [0.29, 0.717) is 17.9 Å². The van der Waals surface area contributed by atoms with Crippen LogP contribution in [0.2, 0.25) is 0 Å². The van der Waals surface area contributed by atoms with Gasteiger partial charge in [0.05, 0.1) is 29.4 Å². The Balaban J connectivity index is 1.50. The van der Waals surface area contributed by atoms with E-state index >= 15 is 0 Å². The van der Waals surface area contributed by atoms with E-state index in [9.17, 15) is 4.79 Å². The van der Waals surface area contributed by atoms with Crippen LogP contribution in [0.25, 0.3) is 28.1 Å². The highest BCUT2D eigenvalue weighted by molar-refractivity contribution is 5.86. The number of aromatic nitrogens is 7. The summed E-state index contributed by atoms with van der Waals surface area (Å²) in [7, 11) is 1.97. The van der Waals surface area contributed by atoms with Gasteiger partial charge in [0.2, 0.25) is 0 Å². The summed E-state index contributed by atoms with van der Waals surface area (Å²) in [4.78, 5) is 31.8. The maximum absolute atomic E-state index is 12.7. The number of rotatable bonds is 6. The minimum Gasteiger partial charge on any atom is -0.384 e. The van der Waals surface area contributed by atoms with Gasteiger partial charge in [0, 0.05) is 56.2 Å². The van der Waals surface area contributed by atoms with Crippen LogP contribution in [0.3, 0.4) is 0 Å². The maximum Gasteiger partial charge on any atom is 0.261 e. The summed E-state index contributed by atoms with van der Waals surface area (Å²) in [5.74, 6) is 0.533. The first-order valence-corrected chi connectivity index (χ1v) is 10.00. The quantitative estimate of drug-likeness (QED) is 0.396. The van der Waals surface area contributed by atoms with Crippen molar-refractivity contribution < 1.29 is 0 Å². The summed E-state index contributed by atoms with van der Waals surface area (Å²) in [5, 5.41) is 3.38. The minimum atomic E-state index is -0.197. The zero-order valence-corrected chi connectivity index (χ0v) is 17.3. The van der Waals surface area contributed by atoms with Crippen LogP contribution in [-0.4, -0.2) is 40.6 Å². The van der Waals surface area contributed by atoms with E-state index in [2.05, 4.69) is 31.3 Å². The number of imidazole rings is 3. The molecule has 0 amide bonds. The fourth-order valence-corrected chi connectivity index (χ4v) is 3.76. The molecule has 0 aliphatic carbocycles. The Morgan fingerprint density at radius 1 is 1.19 bits per heavy atom. The lowest BCUT2D eigenvalue weighted by Crippen LogP contribution is -2.15. The number of nitrogens with zero attached hydrogens (tertiary/aromatic N) is 5. The number of fused-ring (bicyclic) bond motifs is 1. The molecule has 0 fully saturated rings. The van der Waals surface area contributed by atoms with Crippen LogP contribution in [0.1, 0.15) is 11.3 Å². The van der Waals surface area contributed by atoms with Crippen molar-refractivity contribution in [1.29, 1.82) is 0 Å². The molecule has 0 spiro atoms. The number of hydrogen-bond acceptors (Lipinski definition) is 5. The standard InChI is InChI=1S/C22H22N8O/c1-14-9-16(30-8-7-23-13-30)10-18-20(14)28-21(27-18)19-17(4-6-26-22(19)31)25-5-3-15-11-24-12-29(15)2/h4,6-13H,3,5H2,1-2H3,(H,27,28)(H2,25,26,31). The summed E-state index contributed by atoms with van der Waals surface area (Å²) in [6.45, 7) is 2.68. The van der Waals surface area contributed by atoms with E-state index in [1.807, 2.05) is 47.6 Å². The third-order valence-electron chi connectivity index (χ3n) is 5.38. The highest BCUT2D eigenvalue weighted by Gasteiger charge is 2.16. The van der Waals surface area contributed by atoms with Crippen molar-refractivity contribution in [3.63, 3.8) is 0 Å². The topological polar surface area (TPSA) is 109 Å². The van der Waals surface area contributed by atoms with Gasteiger partial charge in [-0.05, 0) is 30.7 Å². The molecule has 0 unspecified atom stereocenters. The third-order valence-corrected chi connectivity index (χ3v) is 5.38. The first-order chi connectivity index (χ1) is 15.1. The second-order valence-corrected chi connectivity index (χ2v) is 7.48. The monoisotopic (exact) mass is 414 g/mol. The van der Waals surface area contributed by atoms with E-state index in [0.717, 1.165) is 40.1 Å². The summed E-state index contributed by atoms with van der Waals surface area (Å²) in [6.07, 6.45) is 11.4. The largest absolute Gasteiger partial charge is 0.384 e. The molecule has 0 atom stereocenters. The number of aromatic amines is 2. The number of pyridine rings is 1. The number of H-pyrrole nitrogens is 2. The number of aryl methyl sites for hydroxylation is 2.